The molecule has 0 bridgehead atoms. The Bertz CT molecular complexity index is 13.5. The van der Waals surface area contributed by atoms with Crippen LogP contribution in [0.1, 0.15) is 2.85 Å². The zero-order valence-electron chi connectivity index (χ0n) is 4.28. The van der Waals surface area contributed by atoms with Crippen LogP contribution in [0.4, 0.5) is 0 Å². The van der Waals surface area contributed by atoms with Crippen LogP contribution in [-0.2, 0) is 47.9 Å². The topological polar surface area (TPSA) is 0 Å². The first-order chi connectivity index (χ1) is 0. The van der Waals surface area contributed by atoms with Crippen LogP contribution >= 0.6 is 0 Å². The summed E-state index contributed by atoms with van der Waals surface area (Å²) in [7, 11) is 0. The van der Waals surface area contributed by atoms with E-state index in [0.29, 0.717) is 0 Å². The number of rotatable bonds is 0. The van der Waals surface area contributed by atoms with E-state index in [-0.39, 0.29) is 132 Å². The Kier molecular flexibility index (Phi) is 93.9. The van der Waals surface area contributed by atoms with Gasteiger partial charge in [-0.15, -0.1) is 0 Å². The third-order valence-corrected chi connectivity index (χ3v) is 0. The van der Waals surface area contributed by atoms with Crippen molar-refractivity contribution in [3.8, 4) is 0 Å². The first-order valence-corrected chi connectivity index (χ1v) is 0. The van der Waals surface area contributed by atoms with Crippen LogP contribution in [0.5, 0.6) is 0 Å². The van der Waals surface area contributed by atoms with Crippen molar-refractivity contribution in [2.45, 2.75) is 0 Å². The van der Waals surface area contributed by atoms with E-state index in [1.807, 2.05) is 0 Å². The molecule has 4 heavy (non-hydrogen) atoms. The molecule has 1 radical (unpaired) electrons. The van der Waals surface area contributed by atoms with E-state index >= 15 is 0 Å². The van der Waals surface area contributed by atoms with Crippen molar-refractivity contribution in [3.05, 3.63) is 0 Å². The van der Waals surface area contributed by atoms with E-state index in [2.05, 4.69) is 0 Å². The van der Waals surface area contributed by atoms with Gasteiger partial charge in [-0.05, 0) is 0 Å². The van der Waals surface area contributed by atoms with Gasteiger partial charge in [0.2, 0.25) is 0 Å². The fraction of sp³-hybridized carbons (Fsp3) is 0. The van der Waals surface area contributed by atoms with Crippen molar-refractivity contribution in [3.63, 3.8) is 0 Å². The van der Waals surface area contributed by atoms with E-state index in [0.717, 1.165) is 0 Å². The molecule has 0 aromatic heterocycles. The summed E-state index contributed by atoms with van der Waals surface area (Å²) in [5.74, 6) is 0. The summed E-state index contributed by atoms with van der Waals surface area (Å²) in [6, 6.07) is 0. The van der Waals surface area contributed by atoms with Gasteiger partial charge in [-0.2, -0.15) is 0 Å². The molecule has 0 amide bonds. The summed E-state index contributed by atoms with van der Waals surface area (Å²) < 4.78 is 0. The Morgan fingerprint density at radius 1 is 1.25 bits per heavy atom. The summed E-state index contributed by atoms with van der Waals surface area (Å²) in [5.41, 5.74) is 0. The van der Waals surface area contributed by atoms with Crippen LogP contribution in [0.25, 0.3) is 0 Å². The zero-order valence-corrected chi connectivity index (χ0v) is 13.4. The molecular formula is H2LaSrTiZr. The number of hydrogen-bond acceptors (Lipinski definition) is 0. The van der Waals surface area contributed by atoms with Gasteiger partial charge in [-0.25, -0.2) is 0 Å². The average molecular weight is 368 g/mol. The molecule has 0 saturated heterocycles. The molecule has 0 nitrogen and oxygen atoms in total. The van der Waals surface area contributed by atoms with Crippen molar-refractivity contribution in [2.24, 2.45) is 0 Å². The Morgan fingerprint density at radius 3 is 1.25 bits per heavy atom. The zero-order chi connectivity index (χ0) is 0. The Hall–Kier alpha value is 4.27. The Balaban J connectivity index is 0. The smallest absolute Gasteiger partial charge is 1.00 e. The molecule has 0 atom stereocenters. The quantitative estimate of drug-likeness (QED) is 0.522. The molecule has 0 fully saturated rings. The van der Waals surface area contributed by atoms with E-state index < -0.39 is 0 Å². The second-order valence-corrected chi connectivity index (χ2v) is 0. The largest absolute Gasteiger partial charge is 2.00 e. The van der Waals surface area contributed by atoms with Gasteiger partial charge in [-0.1, -0.05) is 0 Å². The van der Waals surface area contributed by atoms with Crippen molar-refractivity contribution >= 4 is 45.5 Å². The van der Waals surface area contributed by atoms with E-state index in [4.69, 9.17) is 0 Å². The van der Waals surface area contributed by atoms with E-state index in [9.17, 15) is 0 Å². The monoisotopic (exact) mass is 367 g/mol. The predicted octanol–water partition coefficient (Wildman–Crippen LogP) is -0.161. The van der Waals surface area contributed by atoms with Gasteiger partial charge < -0.3 is 2.85 Å². The van der Waals surface area contributed by atoms with Crippen LogP contribution in [0, 0.1) is 35.6 Å². The maximum absolute atomic E-state index is 0. The number of hydrogen-bond donors (Lipinski definition) is 0. The summed E-state index contributed by atoms with van der Waals surface area (Å²) >= 11 is 0. The molecule has 0 aliphatic heterocycles. The standard InChI is InChI=1S/La.Sr.Ti.Zr.2H/q;+2;;;2*-1. The van der Waals surface area contributed by atoms with Crippen LogP contribution in [0.2, 0.25) is 0 Å². The molecule has 0 rings (SSSR count). The van der Waals surface area contributed by atoms with Crippen LogP contribution in [0.15, 0.2) is 0 Å². The minimum atomic E-state index is 0. The molecule has 0 heterocycles. The Morgan fingerprint density at radius 2 is 1.25 bits per heavy atom. The molecular weight excluding hydrogens is 366 g/mol. The van der Waals surface area contributed by atoms with Gasteiger partial charge in [-0.3, -0.25) is 0 Å². The maximum Gasteiger partial charge on any atom is 2.00 e. The molecule has 15 valence electrons. The summed E-state index contributed by atoms with van der Waals surface area (Å²) in [6.07, 6.45) is 0. The second-order valence-electron chi connectivity index (χ2n) is 0. The van der Waals surface area contributed by atoms with Gasteiger partial charge in [0.1, 0.15) is 0 Å². The van der Waals surface area contributed by atoms with Gasteiger partial charge >= 0.3 is 45.5 Å². The molecule has 0 aromatic carbocycles. The van der Waals surface area contributed by atoms with Crippen molar-refractivity contribution in [1.82, 2.24) is 0 Å². The van der Waals surface area contributed by atoms with Crippen molar-refractivity contribution in [1.29, 1.82) is 0 Å². The van der Waals surface area contributed by atoms with Crippen LogP contribution in [-0.4, -0.2) is 45.5 Å². The molecule has 0 unspecified atom stereocenters. The SMILES string of the molecule is [H-].[H-].[La].[Sr+2].[Ti].[Zr]. The first-order valence-electron chi connectivity index (χ1n) is 0. The normalized spacial score (nSPS) is 0. The van der Waals surface area contributed by atoms with Gasteiger partial charge in [0, 0.05) is 83.5 Å². The first kappa shape index (κ1) is 24.0. The second kappa shape index (κ2) is 15.7. The third-order valence-electron chi connectivity index (χ3n) is 0. The maximum atomic E-state index is 0. The minimum absolute atomic E-state index is 0. The molecule has 0 aliphatic carbocycles. The summed E-state index contributed by atoms with van der Waals surface area (Å²) in [5, 5.41) is 0. The molecule has 0 spiro atoms. The van der Waals surface area contributed by atoms with Crippen molar-refractivity contribution < 1.29 is 86.4 Å². The predicted molar refractivity (Wildman–Crippen MR) is 7.98 cm³/mol. The summed E-state index contributed by atoms with van der Waals surface area (Å²) in [4.78, 5) is 0. The van der Waals surface area contributed by atoms with Crippen molar-refractivity contribution in [2.75, 3.05) is 0 Å². The third kappa shape index (κ3) is 9.55. The Labute approximate surface area is 128 Å². The molecule has 0 aliphatic rings. The van der Waals surface area contributed by atoms with E-state index in [1.54, 1.807) is 0 Å². The van der Waals surface area contributed by atoms with Gasteiger partial charge in [0.25, 0.3) is 0 Å². The van der Waals surface area contributed by atoms with Gasteiger partial charge in [0.05, 0.1) is 0 Å². The fourth-order valence-electron chi connectivity index (χ4n) is 0. The van der Waals surface area contributed by atoms with E-state index in [1.165, 1.54) is 0 Å². The van der Waals surface area contributed by atoms with Gasteiger partial charge in [0.15, 0.2) is 0 Å². The molecule has 4 heteroatoms. The van der Waals surface area contributed by atoms with Crippen LogP contribution < -0.4 is 0 Å². The average Bonchev–Trinajstić information content (AvgIpc) is 0. The molecule has 0 saturated carbocycles. The summed E-state index contributed by atoms with van der Waals surface area (Å²) in [6.45, 7) is 0. The molecule has 0 N–H and O–H groups in total. The minimum Gasteiger partial charge on any atom is -1.00 e. The molecule has 0 aromatic rings. The fourth-order valence-corrected chi connectivity index (χ4v) is 0. The van der Waals surface area contributed by atoms with Crippen LogP contribution in [0.3, 0.4) is 0 Å².